The van der Waals surface area contributed by atoms with Crippen LogP contribution in [0.25, 0.3) is 0 Å². The summed E-state index contributed by atoms with van der Waals surface area (Å²) in [6, 6.07) is 0.737. The van der Waals surface area contributed by atoms with E-state index in [-0.39, 0.29) is 5.91 Å². The van der Waals surface area contributed by atoms with Crippen molar-refractivity contribution < 1.29 is 4.79 Å². The number of hydrogen-bond acceptors (Lipinski definition) is 3. The summed E-state index contributed by atoms with van der Waals surface area (Å²) in [5, 5.41) is 3.45. The van der Waals surface area contributed by atoms with Crippen molar-refractivity contribution in [3.8, 4) is 0 Å². The molecule has 1 atom stereocenters. The highest BCUT2D eigenvalue weighted by molar-refractivity contribution is 5.73. The first-order chi connectivity index (χ1) is 7.75. The fourth-order valence-electron chi connectivity index (χ4n) is 2.53. The molecule has 2 rings (SSSR count). The van der Waals surface area contributed by atoms with Gasteiger partial charge in [0.15, 0.2) is 0 Å². The van der Waals surface area contributed by atoms with Crippen LogP contribution in [0.15, 0.2) is 0 Å². The summed E-state index contributed by atoms with van der Waals surface area (Å²) in [5.74, 6) is 0.592. The largest absolute Gasteiger partial charge is 0.370 e. The molecule has 0 aromatic rings. The van der Waals surface area contributed by atoms with E-state index in [2.05, 4.69) is 10.2 Å². The van der Waals surface area contributed by atoms with Crippen LogP contribution in [0.2, 0.25) is 0 Å². The van der Waals surface area contributed by atoms with Gasteiger partial charge in [0.2, 0.25) is 5.91 Å². The molecule has 3 N–H and O–H groups in total. The number of carbonyl (C=O) groups is 1. The Hall–Kier alpha value is -0.610. The van der Waals surface area contributed by atoms with Crippen LogP contribution in [0, 0.1) is 5.92 Å². The number of piperidine rings is 1. The molecule has 1 aliphatic heterocycles. The zero-order chi connectivity index (χ0) is 11.4. The van der Waals surface area contributed by atoms with E-state index < -0.39 is 0 Å². The summed E-state index contributed by atoms with van der Waals surface area (Å²) < 4.78 is 0. The number of carbonyl (C=O) groups excluding carboxylic acids is 1. The van der Waals surface area contributed by atoms with E-state index in [9.17, 15) is 4.79 Å². The molecule has 0 aromatic heterocycles. The van der Waals surface area contributed by atoms with Crippen LogP contribution < -0.4 is 11.1 Å². The van der Waals surface area contributed by atoms with E-state index in [4.69, 9.17) is 5.73 Å². The highest BCUT2D eigenvalue weighted by Crippen LogP contribution is 2.28. The average molecular weight is 225 g/mol. The van der Waals surface area contributed by atoms with E-state index in [1.165, 1.54) is 32.2 Å². The zero-order valence-corrected chi connectivity index (χ0v) is 9.95. The Kier molecular flexibility index (Phi) is 4.18. The van der Waals surface area contributed by atoms with Crippen LogP contribution in [0.3, 0.4) is 0 Å². The first-order valence-corrected chi connectivity index (χ1v) is 6.49. The molecule has 4 nitrogen and oxygen atoms in total. The summed E-state index contributed by atoms with van der Waals surface area (Å²) >= 11 is 0. The van der Waals surface area contributed by atoms with Gasteiger partial charge in [0.05, 0.1) is 0 Å². The maximum Gasteiger partial charge on any atom is 0.218 e. The second-order valence-corrected chi connectivity index (χ2v) is 5.15. The molecule has 16 heavy (non-hydrogen) atoms. The molecule has 1 saturated heterocycles. The Morgan fingerprint density at radius 1 is 1.38 bits per heavy atom. The number of nitrogens with zero attached hydrogens (tertiary/aromatic N) is 1. The highest BCUT2D eigenvalue weighted by atomic mass is 16.1. The van der Waals surface area contributed by atoms with Crippen molar-refractivity contribution in [1.82, 2.24) is 10.2 Å². The van der Waals surface area contributed by atoms with Gasteiger partial charge in [-0.15, -0.1) is 0 Å². The predicted molar refractivity (Wildman–Crippen MR) is 64.0 cm³/mol. The molecule has 2 fully saturated rings. The third kappa shape index (κ3) is 3.76. The summed E-state index contributed by atoms with van der Waals surface area (Å²) in [5.41, 5.74) is 5.22. The van der Waals surface area contributed by atoms with Crippen molar-refractivity contribution in [3.05, 3.63) is 0 Å². The molecular formula is C12H23N3O. The molecule has 0 aromatic carbocycles. The van der Waals surface area contributed by atoms with Gasteiger partial charge in [-0.25, -0.2) is 0 Å². The van der Waals surface area contributed by atoms with Crippen LogP contribution in [0.5, 0.6) is 0 Å². The first-order valence-electron chi connectivity index (χ1n) is 6.49. The van der Waals surface area contributed by atoms with Crippen LogP contribution in [-0.2, 0) is 4.79 Å². The number of hydrogen-bond donors (Lipinski definition) is 2. The second kappa shape index (κ2) is 5.64. The van der Waals surface area contributed by atoms with Crippen LogP contribution in [-0.4, -0.2) is 43.0 Å². The molecule has 92 valence electrons. The van der Waals surface area contributed by atoms with E-state index in [1.807, 2.05) is 0 Å². The van der Waals surface area contributed by atoms with E-state index in [0.717, 1.165) is 31.6 Å². The average Bonchev–Trinajstić information content (AvgIpc) is 3.09. The molecule has 0 bridgehead atoms. The Morgan fingerprint density at radius 3 is 2.75 bits per heavy atom. The minimum absolute atomic E-state index is 0.174. The third-order valence-electron chi connectivity index (χ3n) is 3.60. The lowest BCUT2D eigenvalue weighted by atomic mass is 9.99. The summed E-state index contributed by atoms with van der Waals surface area (Å²) in [6.45, 7) is 4.31. The Balaban J connectivity index is 1.75. The van der Waals surface area contributed by atoms with Gasteiger partial charge < -0.3 is 11.1 Å². The summed E-state index contributed by atoms with van der Waals surface area (Å²) in [7, 11) is 0. The quantitative estimate of drug-likeness (QED) is 0.685. The van der Waals surface area contributed by atoms with Gasteiger partial charge >= 0.3 is 0 Å². The molecular weight excluding hydrogens is 202 g/mol. The molecule has 4 heteroatoms. The Labute approximate surface area is 97.6 Å². The summed E-state index contributed by atoms with van der Waals surface area (Å²) in [4.78, 5) is 13.3. The zero-order valence-electron chi connectivity index (χ0n) is 9.95. The fourth-order valence-corrected chi connectivity index (χ4v) is 2.53. The van der Waals surface area contributed by atoms with Gasteiger partial charge in [-0.1, -0.05) is 0 Å². The van der Waals surface area contributed by atoms with Crippen LogP contribution >= 0.6 is 0 Å². The van der Waals surface area contributed by atoms with Crippen molar-refractivity contribution in [2.75, 3.05) is 26.2 Å². The summed E-state index contributed by atoms with van der Waals surface area (Å²) in [6.07, 6.45) is 5.74. The molecule has 1 amide bonds. The predicted octanol–water partition coefficient (Wildman–Crippen LogP) is 0.326. The molecule has 1 heterocycles. The number of nitrogens with two attached hydrogens (primary N) is 1. The fraction of sp³-hybridized carbons (Fsp3) is 0.917. The standard InChI is InChI=1S/C12H23N3O/c13-12(16)5-7-15(11-3-4-11)9-10-2-1-6-14-8-10/h10-11,14H,1-9H2,(H2,13,16). The normalized spacial score (nSPS) is 25.9. The van der Waals surface area contributed by atoms with Crippen molar-refractivity contribution >= 4 is 5.91 Å². The number of nitrogens with one attached hydrogen (secondary N) is 1. The van der Waals surface area contributed by atoms with Crippen molar-refractivity contribution in [2.45, 2.75) is 38.1 Å². The minimum Gasteiger partial charge on any atom is -0.370 e. The third-order valence-corrected chi connectivity index (χ3v) is 3.60. The number of amides is 1. The lowest BCUT2D eigenvalue weighted by Gasteiger charge is -2.30. The van der Waals surface area contributed by atoms with Gasteiger partial charge in [-0.2, -0.15) is 0 Å². The van der Waals surface area contributed by atoms with Crippen LogP contribution in [0.4, 0.5) is 0 Å². The smallest absolute Gasteiger partial charge is 0.218 e. The topological polar surface area (TPSA) is 58.4 Å². The van der Waals surface area contributed by atoms with Crippen molar-refractivity contribution in [2.24, 2.45) is 11.7 Å². The SMILES string of the molecule is NC(=O)CCN(CC1CCCNC1)C1CC1. The number of rotatable bonds is 6. The first kappa shape index (κ1) is 11.9. The maximum absolute atomic E-state index is 10.8. The van der Waals surface area contributed by atoms with Crippen molar-refractivity contribution in [3.63, 3.8) is 0 Å². The van der Waals surface area contributed by atoms with E-state index in [0.29, 0.717) is 6.42 Å². The van der Waals surface area contributed by atoms with Gasteiger partial charge in [0, 0.05) is 25.6 Å². The molecule has 2 aliphatic rings. The van der Waals surface area contributed by atoms with Crippen LogP contribution in [0.1, 0.15) is 32.1 Å². The molecule has 1 aliphatic carbocycles. The number of primary amides is 1. The Bertz CT molecular complexity index is 234. The molecule has 0 spiro atoms. The Morgan fingerprint density at radius 2 is 2.19 bits per heavy atom. The molecule has 1 unspecified atom stereocenters. The van der Waals surface area contributed by atoms with Gasteiger partial charge in [-0.05, 0) is 44.7 Å². The highest BCUT2D eigenvalue weighted by Gasteiger charge is 2.30. The lowest BCUT2D eigenvalue weighted by molar-refractivity contribution is -0.118. The minimum atomic E-state index is -0.174. The maximum atomic E-state index is 10.8. The van der Waals surface area contributed by atoms with Gasteiger partial charge in [0.1, 0.15) is 0 Å². The second-order valence-electron chi connectivity index (χ2n) is 5.15. The lowest BCUT2D eigenvalue weighted by Crippen LogP contribution is -2.40. The van der Waals surface area contributed by atoms with E-state index in [1.54, 1.807) is 0 Å². The molecule has 0 radical (unpaired) electrons. The van der Waals surface area contributed by atoms with Gasteiger partial charge in [-0.3, -0.25) is 9.69 Å². The van der Waals surface area contributed by atoms with E-state index >= 15 is 0 Å². The monoisotopic (exact) mass is 225 g/mol. The molecule has 1 saturated carbocycles. The van der Waals surface area contributed by atoms with Gasteiger partial charge in [0.25, 0.3) is 0 Å². The van der Waals surface area contributed by atoms with Crippen molar-refractivity contribution in [1.29, 1.82) is 0 Å².